The first kappa shape index (κ1) is 15.5. The van der Waals surface area contributed by atoms with Crippen molar-refractivity contribution in [2.75, 3.05) is 12.3 Å². The van der Waals surface area contributed by atoms with Gasteiger partial charge in [-0.15, -0.1) is 0 Å². The third-order valence-electron chi connectivity index (χ3n) is 3.98. The normalized spacial score (nSPS) is 23.6. The van der Waals surface area contributed by atoms with Crippen LogP contribution in [-0.2, 0) is 16.4 Å². The van der Waals surface area contributed by atoms with Crippen molar-refractivity contribution in [3.05, 3.63) is 18.0 Å². The maximum Gasteiger partial charge on any atom is 0.155 e. The third kappa shape index (κ3) is 3.23. The Kier molecular flexibility index (Phi) is 5.21. The van der Waals surface area contributed by atoms with Crippen molar-refractivity contribution >= 4 is 9.84 Å². The fourth-order valence-electron chi connectivity index (χ4n) is 2.95. The molecule has 2 atom stereocenters. The molecule has 0 amide bonds. The minimum Gasteiger partial charge on any atom is -0.308 e. The molecule has 6 heteroatoms. The molecule has 2 unspecified atom stereocenters. The Balaban J connectivity index is 2.32. The molecule has 1 aliphatic heterocycles. The van der Waals surface area contributed by atoms with E-state index in [1.165, 1.54) is 0 Å². The van der Waals surface area contributed by atoms with Gasteiger partial charge in [-0.05, 0) is 38.8 Å². The van der Waals surface area contributed by atoms with E-state index in [-0.39, 0.29) is 11.3 Å². The molecule has 1 fully saturated rings. The van der Waals surface area contributed by atoms with Crippen molar-refractivity contribution in [2.24, 2.45) is 0 Å². The second-order valence-electron chi connectivity index (χ2n) is 5.40. The van der Waals surface area contributed by atoms with Gasteiger partial charge < -0.3 is 5.32 Å². The predicted molar refractivity (Wildman–Crippen MR) is 80.4 cm³/mol. The highest BCUT2D eigenvalue weighted by Gasteiger charge is 2.37. The van der Waals surface area contributed by atoms with Crippen LogP contribution in [-0.4, -0.2) is 35.7 Å². The molecule has 0 aromatic carbocycles. The second kappa shape index (κ2) is 6.72. The van der Waals surface area contributed by atoms with Crippen molar-refractivity contribution in [2.45, 2.75) is 57.4 Å². The smallest absolute Gasteiger partial charge is 0.155 e. The fraction of sp³-hybridized carbons (Fsp3) is 0.786. The molecule has 0 bridgehead atoms. The van der Waals surface area contributed by atoms with Crippen LogP contribution in [0.5, 0.6) is 0 Å². The monoisotopic (exact) mass is 299 g/mol. The number of hydrogen-bond donors (Lipinski definition) is 1. The molecule has 0 saturated carbocycles. The number of nitrogens with one attached hydrogen (secondary N) is 1. The molecular weight excluding hydrogens is 274 g/mol. The molecule has 114 valence electrons. The molecule has 1 saturated heterocycles. The molecule has 1 aliphatic rings. The molecule has 5 nitrogen and oxygen atoms in total. The predicted octanol–water partition coefficient (Wildman–Crippen LogP) is 1.91. The molecule has 2 rings (SSSR count). The molecule has 2 heterocycles. The van der Waals surface area contributed by atoms with Gasteiger partial charge in [0.15, 0.2) is 9.84 Å². The zero-order chi connectivity index (χ0) is 14.6. The van der Waals surface area contributed by atoms with Gasteiger partial charge in [-0.25, -0.2) is 8.42 Å². The lowest BCUT2D eigenvalue weighted by atomic mass is 10.0. The molecular formula is C14H25N3O2S. The van der Waals surface area contributed by atoms with Gasteiger partial charge in [0.1, 0.15) is 0 Å². The van der Waals surface area contributed by atoms with Crippen molar-refractivity contribution in [1.82, 2.24) is 15.1 Å². The first-order chi connectivity index (χ1) is 9.60. The van der Waals surface area contributed by atoms with E-state index in [1.54, 1.807) is 6.20 Å². The first-order valence-electron chi connectivity index (χ1n) is 7.56. The van der Waals surface area contributed by atoms with E-state index in [0.717, 1.165) is 44.5 Å². The highest BCUT2D eigenvalue weighted by Crippen LogP contribution is 2.30. The molecule has 0 aliphatic carbocycles. The number of aromatic nitrogens is 2. The van der Waals surface area contributed by atoms with Crippen LogP contribution >= 0.6 is 0 Å². The van der Waals surface area contributed by atoms with Crippen LogP contribution in [0.3, 0.4) is 0 Å². The van der Waals surface area contributed by atoms with E-state index in [2.05, 4.69) is 17.3 Å². The van der Waals surface area contributed by atoms with Gasteiger partial charge >= 0.3 is 0 Å². The summed E-state index contributed by atoms with van der Waals surface area (Å²) in [6.07, 6.45) is 5.29. The van der Waals surface area contributed by atoms with Crippen LogP contribution in [0.1, 0.15) is 51.3 Å². The van der Waals surface area contributed by atoms with E-state index in [1.807, 2.05) is 17.7 Å². The van der Waals surface area contributed by atoms with Crippen LogP contribution in [0.25, 0.3) is 0 Å². The van der Waals surface area contributed by atoms with Gasteiger partial charge in [0.05, 0.1) is 22.7 Å². The van der Waals surface area contributed by atoms with Crippen molar-refractivity contribution < 1.29 is 8.42 Å². The summed E-state index contributed by atoms with van der Waals surface area (Å²) >= 11 is 0. The summed E-state index contributed by atoms with van der Waals surface area (Å²) in [6.45, 7) is 5.71. The summed E-state index contributed by atoms with van der Waals surface area (Å²) in [5.41, 5.74) is 0.997. The standard InChI is InChI=1S/C14H25N3O2S/c1-3-9-15-14(12-8-10-16-17(12)4-2)13-7-5-6-11-20(13,18)19/h8,10,13-15H,3-7,9,11H2,1-2H3. The van der Waals surface area contributed by atoms with Gasteiger partial charge in [-0.2, -0.15) is 5.10 Å². The Morgan fingerprint density at radius 3 is 2.90 bits per heavy atom. The highest BCUT2D eigenvalue weighted by atomic mass is 32.2. The highest BCUT2D eigenvalue weighted by molar-refractivity contribution is 7.92. The zero-order valence-electron chi connectivity index (χ0n) is 12.4. The van der Waals surface area contributed by atoms with E-state index in [4.69, 9.17) is 0 Å². The van der Waals surface area contributed by atoms with Crippen LogP contribution in [0.15, 0.2) is 12.3 Å². The number of sulfone groups is 1. The van der Waals surface area contributed by atoms with Crippen molar-refractivity contribution in [1.29, 1.82) is 0 Å². The van der Waals surface area contributed by atoms with E-state index in [0.29, 0.717) is 5.75 Å². The number of nitrogens with zero attached hydrogens (tertiary/aromatic N) is 2. The summed E-state index contributed by atoms with van der Waals surface area (Å²) < 4.78 is 26.7. The number of hydrogen-bond acceptors (Lipinski definition) is 4. The van der Waals surface area contributed by atoms with Crippen LogP contribution in [0.4, 0.5) is 0 Å². The lowest BCUT2D eigenvalue weighted by Gasteiger charge is -2.31. The Hall–Kier alpha value is -0.880. The zero-order valence-corrected chi connectivity index (χ0v) is 13.2. The first-order valence-corrected chi connectivity index (χ1v) is 9.28. The van der Waals surface area contributed by atoms with E-state index < -0.39 is 9.84 Å². The summed E-state index contributed by atoms with van der Waals surface area (Å²) in [6, 6.07) is 1.81. The van der Waals surface area contributed by atoms with Gasteiger partial charge in [0, 0.05) is 12.7 Å². The fourth-order valence-corrected chi connectivity index (χ4v) is 5.04. The van der Waals surface area contributed by atoms with Crippen LogP contribution < -0.4 is 5.32 Å². The lowest BCUT2D eigenvalue weighted by molar-refractivity contribution is 0.421. The quantitative estimate of drug-likeness (QED) is 0.871. The molecule has 1 aromatic heterocycles. The number of aryl methyl sites for hydroxylation is 1. The van der Waals surface area contributed by atoms with Gasteiger partial charge in [0.25, 0.3) is 0 Å². The van der Waals surface area contributed by atoms with Gasteiger partial charge in [-0.1, -0.05) is 13.3 Å². The Bertz CT molecular complexity index is 524. The average Bonchev–Trinajstić information content (AvgIpc) is 2.89. The average molecular weight is 299 g/mol. The van der Waals surface area contributed by atoms with Gasteiger partial charge in [0.2, 0.25) is 0 Å². The maximum atomic E-state index is 12.4. The largest absolute Gasteiger partial charge is 0.308 e. The minimum atomic E-state index is -3.01. The summed E-state index contributed by atoms with van der Waals surface area (Å²) in [7, 11) is -3.01. The Labute approximate surface area is 121 Å². The van der Waals surface area contributed by atoms with E-state index >= 15 is 0 Å². The number of rotatable bonds is 6. The van der Waals surface area contributed by atoms with Crippen LogP contribution in [0.2, 0.25) is 0 Å². The SMILES string of the molecule is CCCNC(c1ccnn1CC)C1CCCCS1(=O)=O. The topological polar surface area (TPSA) is 64.0 Å². The molecule has 0 spiro atoms. The summed E-state index contributed by atoms with van der Waals surface area (Å²) in [5.74, 6) is 0.322. The van der Waals surface area contributed by atoms with Crippen LogP contribution in [0, 0.1) is 0 Å². The Morgan fingerprint density at radius 1 is 1.45 bits per heavy atom. The minimum absolute atomic E-state index is 0.136. The Morgan fingerprint density at radius 2 is 2.25 bits per heavy atom. The van der Waals surface area contributed by atoms with Crippen molar-refractivity contribution in [3.8, 4) is 0 Å². The van der Waals surface area contributed by atoms with Gasteiger partial charge in [-0.3, -0.25) is 4.68 Å². The van der Waals surface area contributed by atoms with Crippen molar-refractivity contribution in [3.63, 3.8) is 0 Å². The third-order valence-corrected chi connectivity index (χ3v) is 6.27. The lowest BCUT2D eigenvalue weighted by Crippen LogP contribution is -2.41. The second-order valence-corrected chi connectivity index (χ2v) is 7.74. The molecule has 1 aromatic rings. The molecule has 20 heavy (non-hydrogen) atoms. The van der Waals surface area contributed by atoms with E-state index in [9.17, 15) is 8.42 Å². The summed E-state index contributed by atoms with van der Waals surface area (Å²) in [5, 5.41) is 7.40. The molecule has 1 N–H and O–H groups in total. The summed E-state index contributed by atoms with van der Waals surface area (Å²) in [4.78, 5) is 0. The maximum absolute atomic E-state index is 12.4. The molecule has 0 radical (unpaired) electrons.